The summed E-state index contributed by atoms with van der Waals surface area (Å²) in [5, 5.41) is 11.8. The second-order valence-electron chi connectivity index (χ2n) is 5.47. The Bertz CT molecular complexity index is 656. The number of hydrogen-bond donors (Lipinski definition) is 1. The molecule has 6 nitrogen and oxygen atoms in total. The van der Waals surface area contributed by atoms with Crippen molar-refractivity contribution in [3.8, 4) is 0 Å². The van der Waals surface area contributed by atoms with Gasteiger partial charge in [-0.25, -0.2) is 0 Å². The molecule has 0 aromatic carbocycles. The summed E-state index contributed by atoms with van der Waals surface area (Å²) in [4.78, 5) is 12.4. The average Bonchev–Trinajstić information content (AvgIpc) is 3.01. The summed E-state index contributed by atoms with van der Waals surface area (Å²) >= 11 is 3.42. The zero-order chi connectivity index (χ0) is 16.4. The minimum atomic E-state index is -0.367. The van der Waals surface area contributed by atoms with Gasteiger partial charge in [-0.15, -0.1) is 0 Å². The van der Waals surface area contributed by atoms with E-state index < -0.39 is 0 Å². The van der Waals surface area contributed by atoms with Crippen LogP contribution in [0.25, 0.3) is 0 Å². The predicted octanol–water partition coefficient (Wildman–Crippen LogP) is 2.92. The summed E-state index contributed by atoms with van der Waals surface area (Å²) in [6, 6.07) is -0.454. The number of hydrogen-bond acceptors (Lipinski definition) is 3. The highest BCUT2D eigenvalue weighted by molar-refractivity contribution is 9.10. The molecule has 0 aliphatic heterocycles. The van der Waals surface area contributed by atoms with E-state index >= 15 is 0 Å². The molecule has 0 bridgehead atoms. The van der Waals surface area contributed by atoms with E-state index in [0.29, 0.717) is 0 Å². The van der Waals surface area contributed by atoms with Crippen LogP contribution in [-0.2, 0) is 11.3 Å². The number of halogens is 1. The second kappa shape index (κ2) is 6.64. The van der Waals surface area contributed by atoms with Crippen molar-refractivity contribution in [3.63, 3.8) is 0 Å². The fraction of sp³-hybridized carbons (Fsp3) is 0.533. The van der Waals surface area contributed by atoms with Crippen molar-refractivity contribution in [2.75, 3.05) is 0 Å². The van der Waals surface area contributed by atoms with Gasteiger partial charge >= 0.3 is 0 Å². The van der Waals surface area contributed by atoms with Gasteiger partial charge in [0.1, 0.15) is 6.04 Å². The molecule has 0 saturated heterocycles. The molecular weight excluding hydrogens is 346 g/mol. The number of nitrogens with zero attached hydrogens (tertiary/aromatic N) is 4. The Morgan fingerprint density at radius 2 is 1.95 bits per heavy atom. The summed E-state index contributed by atoms with van der Waals surface area (Å²) in [7, 11) is 0. The largest absolute Gasteiger partial charge is 0.348 e. The van der Waals surface area contributed by atoms with Crippen LogP contribution in [0.15, 0.2) is 16.9 Å². The SMILES string of the molecule is CCn1cc([C@@H](C)NC(=O)[C@H](C)n2cc(Br)c(C)n2)c(C)n1. The second-order valence-corrected chi connectivity index (χ2v) is 6.33. The molecule has 2 aromatic rings. The van der Waals surface area contributed by atoms with E-state index in [1.807, 2.05) is 51.7 Å². The number of aryl methyl sites for hydroxylation is 3. The van der Waals surface area contributed by atoms with Crippen molar-refractivity contribution in [1.82, 2.24) is 24.9 Å². The Hall–Kier alpha value is -1.63. The van der Waals surface area contributed by atoms with Gasteiger partial charge in [0.15, 0.2) is 0 Å². The molecule has 1 N–H and O–H groups in total. The molecule has 1 amide bonds. The van der Waals surface area contributed by atoms with Crippen LogP contribution < -0.4 is 5.32 Å². The third-order valence-corrected chi connectivity index (χ3v) is 4.55. The van der Waals surface area contributed by atoms with E-state index in [1.165, 1.54) is 0 Å². The lowest BCUT2D eigenvalue weighted by atomic mass is 10.1. The van der Waals surface area contributed by atoms with Crippen LogP contribution in [0.5, 0.6) is 0 Å². The van der Waals surface area contributed by atoms with Gasteiger partial charge in [-0.3, -0.25) is 14.2 Å². The fourth-order valence-corrected chi connectivity index (χ4v) is 2.60. The lowest BCUT2D eigenvalue weighted by Gasteiger charge is -2.17. The highest BCUT2D eigenvalue weighted by atomic mass is 79.9. The Morgan fingerprint density at radius 1 is 1.27 bits per heavy atom. The fourth-order valence-electron chi connectivity index (χ4n) is 2.31. The maximum atomic E-state index is 12.4. The van der Waals surface area contributed by atoms with Gasteiger partial charge in [-0.2, -0.15) is 10.2 Å². The number of carbonyl (C=O) groups is 1. The van der Waals surface area contributed by atoms with Gasteiger partial charge in [0.05, 0.1) is 21.9 Å². The molecule has 0 saturated carbocycles. The Kier molecular flexibility index (Phi) is 5.05. The van der Waals surface area contributed by atoms with E-state index in [9.17, 15) is 4.79 Å². The van der Waals surface area contributed by atoms with Crippen molar-refractivity contribution in [2.45, 2.75) is 53.2 Å². The molecular formula is C15H22BrN5O. The number of carbonyl (C=O) groups excluding carboxylic acids is 1. The molecule has 22 heavy (non-hydrogen) atoms. The number of aromatic nitrogens is 4. The molecule has 2 heterocycles. The molecule has 120 valence electrons. The molecule has 0 fully saturated rings. The maximum Gasteiger partial charge on any atom is 0.245 e. The van der Waals surface area contributed by atoms with Gasteiger partial charge < -0.3 is 5.32 Å². The molecule has 0 aliphatic rings. The first kappa shape index (κ1) is 16.7. The summed E-state index contributed by atoms with van der Waals surface area (Å²) in [5.74, 6) is -0.0638. The Morgan fingerprint density at radius 3 is 2.45 bits per heavy atom. The normalized spacial score (nSPS) is 13.9. The molecule has 7 heteroatoms. The third-order valence-electron chi connectivity index (χ3n) is 3.77. The smallest absolute Gasteiger partial charge is 0.245 e. The quantitative estimate of drug-likeness (QED) is 0.883. The Labute approximate surface area is 139 Å². The van der Waals surface area contributed by atoms with Crippen molar-refractivity contribution >= 4 is 21.8 Å². The number of nitrogens with one attached hydrogen (secondary N) is 1. The van der Waals surface area contributed by atoms with Gasteiger partial charge in [0.25, 0.3) is 0 Å². The van der Waals surface area contributed by atoms with Crippen LogP contribution in [0.1, 0.15) is 49.8 Å². The van der Waals surface area contributed by atoms with Crippen molar-refractivity contribution in [2.24, 2.45) is 0 Å². The van der Waals surface area contributed by atoms with Gasteiger partial charge in [0.2, 0.25) is 5.91 Å². The lowest BCUT2D eigenvalue weighted by molar-refractivity contribution is -0.124. The highest BCUT2D eigenvalue weighted by Crippen LogP contribution is 2.19. The average molecular weight is 368 g/mol. The van der Waals surface area contributed by atoms with Crippen LogP contribution in [0.2, 0.25) is 0 Å². The van der Waals surface area contributed by atoms with E-state index in [0.717, 1.165) is 28.0 Å². The first-order valence-corrected chi connectivity index (χ1v) is 8.18. The predicted molar refractivity (Wildman–Crippen MR) is 88.6 cm³/mol. The summed E-state index contributed by atoms with van der Waals surface area (Å²) in [6.45, 7) is 10.5. The van der Waals surface area contributed by atoms with Crippen LogP contribution in [0, 0.1) is 13.8 Å². The standard InChI is InChI=1S/C15H22BrN5O/c1-6-20-7-13(10(3)18-20)9(2)17-15(22)12(5)21-8-14(16)11(4)19-21/h7-9,12H,6H2,1-5H3,(H,17,22)/t9-,12+/m1/s1. The maximum absolute atomic E-state index is 12.4. The van der Waals surface area contributed by atoms with Gasteiger partial charge in [-0.05, 0) is 50.5 Å². The van der Waals surface area contributed by atoms with Crippen molar-refractivity contribution < 1.29 is 4.79 Å². The van der Waals surface area contributed by atoms with Crippen LogP contribution in [-0.4, -0.2) is 25.5 Å². The molecule has 0 spiro atoms. The van der Waals surface area contributed by atoms with Crippen LogP contribution in [0.4, 0.5) is 0 Å². The van der Waals surface area contributed by atoms with Crippen molar-refractivity contribution in [1.29, 1.82) is 0 Å². The summed E-state index contributed by atoms with van der Waals surface area (Å²) < 4.78 is 4.45. The van der Waals surface area contributed by atoms with E-state index in [1.54, 1.807) is 4.68 Å². The van der Waals surface area contributed by atoms with Crippen molar-refractivity contribution in [3.05, 3.63) is 33.8 Å². The number of rotatable bonds is 5. The molecule has 0 radical (unpaired) electrons. The van der Waals surface area contributed by atoms with Crippen LogP contribution >= 0.6 is 15.9 Å². The summed E-state index contributed by atoms with van der Waals surface area (Å²) in [6.07, 6.45) is 3.81. The zero-order valence-corrected chi connectivity index (χ0v) is 15.2. The lowest BCUT2D eigenvalue weighted by Crippen LogP contribution is -2.33. The first-order valence-electron chi connectivity index (χ1n) is 7.39. The molecule has 0 aliphatic carbocycles. The third kappa shape index (κ3) is 3.40. The molecule has 0 unspecified atom stereocenters. The minimum Gasteiger partial charge on any atom is -0.348 e. The van der Waals surface area contributed by atoms with Gasteiger partial charge in [-0.1, -0.05) is 0 Å². The minimum absolute atomic E-state index is 0.0638. The molecule has 2 aromatic heterocycles. The number of amides is 1. The van der Waals surface area contributed by atoms with Gasteiger partial charge in [0, 0.05) is 24.5 Å². The van der Waals surface area contributed by atoms with Crippen LogP contribution in [0.3, 0.4) is 0 Å². The van der Waals surface area contributed by atoms with E-state index in [2.05, 4.69) is 31.4 Å². The summed E-state index contributed by atoms with van der Waals surface area (Å²) in [5.41, 5.74) is 2.85. The molecule has 2 rings (SSSR count). The topological polar surface area (TPSA) is 64.7 Å². The Balaban J connectivity index is 2.08. The monoisotopic (exact) mass is 367 g/mol. The van der Waals surface area contributed by atoms with E-state index in [-0.39, 0.29) is 18.0 Å². The zero-order valence-electron chi connectivity index (χ0n) is 13.6. The first-order chi connectivity index (χ1) is 10.3. The highest BCUT2D eigenvalue weighted by Gasteiger charge is 2.21. The van der Waals surface area contributed by atoms with E-state index in [4.69, 9.17) is 0 Å². The molecule has 2 atom stereocenters.